The van der Waals surface area contributed by atoms with Crippen molar-refractivity contribution in [1.29, 1.82) is 0 Å². The van der Waals surface area contributed by atoms with Crippen LogP contribution in [0.1, 0.15) is 32.6 Å². The van der Waals surface area contributed by atoms with E-state index in [1.165, 1.54) is 12.8 Å². The van der Waals surface area contributed by atoms with Gasteiger partial charge in [-0.15, -0.1) is 0 Å². The van der Waals surface area contributed by atoms with Crippen molar-refractivity contribution in [3.63, 3.8) is 0 Å². The molecule has 0 saturated carbocycles. The van der Waals surface area contributed by atoms with Gasteiger partial charge in [0, 0.05) is 12.1 Å². The molecule has 0 aromatic heterocycles. The van der Waals surface area contributed by atoms with Gasteiger partial charge in [-0.25, -0.2) is 4.39 Å². The SMILES string of the molecule is CC1CC2CCCC(N2)[C@@H]1F. The molecule has 0 aromatic carbocycles. The molecule has 0 aromatic rings. The monoisotopic (exact) mass is 157 g/mol. The number of rotatable bonds is 0. The predicted molar refractivity (Wildman–Crippen MR) is 43.2 cm³/mol. The summed E-state index contributed by atoms with van der Waals surface area (Å²) in [5.74, 6) is 0.284. The van der Waals surface area contributed by atoms with Gasteiger partial charge >= 0.3 is 0 Å². The van der Waals surface area contributed by atoms with Crippen molar-refractivity contribution in [2.24, 2.45) is 5.92 Å². The van der Waals surface area contributed by atoms with Gasteiger partial charge in [0.1, 0.15) is 6.17 Å². The number of piperidine rings is 2. The highest BCUT2D eigenvalue weighted by Crippen LogP contribution is 2.31. The van der Waals surface area contributed by atoms with Gasteiger partial charge in [-0.1, -0.05) is 13.3 Å². The van der Waals surface area contributed by atoms with Crippen molar-refractivity contribution < 1.29 is 4.39 Å². The van der Waals surface area contributed by atoms with Gasteiger partial charge in [-0.2, -0.15) is 0 Å². The molecule has 0 spiro atoms. The van der Waals surface area contributed by atoms with E-state index in [0.29, 0.717) is 6.04 Å². The third kappa shape index (κ3) is 1.28. The molecule has 64 valence electrons. The molecule has 2 rings (SSSR count). The molecule has 2 saturated heterocycles. The first-order chi connectivity index (χ1) is 5.27. The first-order valence-corrected chi connectivity index (χ1v) is 4.67. The molecule has 2 heteroatoms. The standard InChI is InChI=1S/C9H16FN/c1-6-5-7-3-2-4-8(11-7)9(6)10/h6-9,11H,2-5H2,1H3/t6?,7?,8?,9-/m1/s1. The van der Waals surface area contributed by atoms with Gasteiger partial charge in [0.05, 0.1) is 0 Å². The first-order valence-electron chi connectivity index (χ1n) is 4.67. The predicted octanol–water partition coefficient (Wildman–Crippen LogP) is 1.88. The third-order valence-electron chi connectivity index (χ3n) is 3.10. The van der Waals surface area contributed by atoms with E-state index in [1.54, 1.807) is 0 Å². The Bertz CT molecular complexity index is 146. The Kier molecular flexibility index (Phi) is 1.88. The fourth-order valence-electron chi connectivity index (χ4n) is 2.47. The Morgan fingerprint density at radius 3 is 3.00 bits per heavy atom. The molecule has 1 nitrogen and oxygen atoms in total. The van der Waals surface area contributed by atoms with Crippen LogP contribution < -0.4 is 5.32 Å². The lowest BCUT2D eigenvalue weighted by atomic mass is 9.80. The summed E-state index contributed by atoms with van der Waals surface area (Å²) in [6, 6.07) is 0.799. The van der Waals surface area contributed by atoms with Crippen LogP contribution in [0, 0.1) is 5.92 Å². The average Bonchev–Trinajstić information content (AvgIpc) is 2.01. The van der Waals surface area contributed by atoms with E-state index in [9.17, 15) is 4.39 Å². The van der Waals surface area contributed by atoms with Crippen molar-refractivity contribution in [3.8, 4) is 0 Å². The maximum absolute atomic E-state index is 13.4. The van der Waals surface area contributed by atoms with Gasteiger partial charge in [-0.3, -0.25) is 0 Å². The molecule has 0 radical (unpaired) electrons. The number of nitrogens with one attached hydrogen (secondary N) is 1. The van der Waals surface area contributed by atoms with Gasteiger partial charge in [-0.05, 0) is 25.2 Å². The van der Waals surface area contributed by atoms with Crippen molar-refractivity contribution in [2.75, 3.05) is 0 Å². The van der Waals surface area contributed by atoms with E-state index in [4.69, 9.17) is 0 Å². The largest absolute Gasteiger partial charge is 0.308 e. The molecule has 2 bridgehead atoms. The number of fused-ring (bicyclic) bond motifs is 2. The zero-order chi connectivity index (χ0) is 7.84. The average molecular weight is 157 g/mol. The summed E-state index contributed by atoms with van der Waals surface area (Å²) >= 11 is 0. The topological polar surface area (TPSA) is 12.0 Å². The van der Waals surface area contributed by atoms with E-state index >= 15 is 0 Å². The van der Waals surface area contributed by atoms with E-state index in [0.717, 1.165) is 12.8 Å². The lowest BCUT2D eigenvalue weighted by Gasteiger charge is -2.41. The molecule has 11 heavy (non-hydrogen) atoms. The normalized spacial score (nSPS) is 50.7. The van der Waals surface area contributed by atoms with Crippen LogP contribution in [-0.2, 0) is 0 Å². The summed E-state index contributed by atoms with van der Waals surface area (Å²) in [7, 11) is 0. The van der Waals surface area contributed by atoms with Crippen LogP contribution in [0.15, 0.2) is 0 Å². The Hall–Kier alpha value is -0.110. The van der Waals surface area contributed by atoms with Crippen LogP contribution >= 0.6 is 0 Å². The highest BCUT2D eigenvalue weighted by Gasteiger charge is 2.37. The van der Waals surface area contributed by atoms with E-state index in [1.807, 2.05) is 6.92 Å². The molecule has 2 aliphatic rings. The summed E-state index contributed by atoms with van der Waals surface area (Å²) in [6.45, 7) is 2.04. The van der Waals surface area contributed by atoms with Gasteiger partial charge in [0.2, 0.25) is 0 Å². The summed E-state index contributed by atoms with van der Waals surface area (Å²) in [5, 5.41) is 3.36. The molecule has 2 fully saturated rings. The first kappa shape index (κ1) is 7.53. The Labute approximate surface area is 67.4 Å². The van der Waals surface area contributed by atoms with Crippen molar-refractivity contribution >= 4 is 0 Å². The second-order valence-corrected chi connectivity index (χ2v) is 4.06. The van der Waals surface area contributed by atoms with E-state index < -0.39 is 6.17 Å². The fourth-order valence-corrected chi connectivity index (χ4v) is 2.47. The zero-order valence-electron chi connectivity index (χ0n) is 7.02. The van der Waals surface area contributed by atoms with E-state index in [-0.39, 0.29) is 12.0 Å². The van der Waals surface area contributed by atoms with Crippen LogP contribution in [0.25, 0.3) is 0 Å². The molecule has 1 N–H and O–H groups in total. The van der Waals surface area contributed by atoms with Crippen molar-refractivity contribution in [3.05, 3.63) is 0 Å². The Morgan fingerprint density at radius 1 is 1.36 bits per heavy atom. The van der Waals surface area contributed by atoms with Crippen molar-refractivity contribution in [2.45, 2.75) is 50.9 Å². The highest BCUT2D eigenvalue weighted by molar-refractivity contribution is 4.93. The molecular weight excluding hydrogens is 141 g/mol. The molecule has 4 atom stereocenters. The smallest absolute Gasteiger partial charge is 0.118 e. The zero-order valence-corrected chi connectivity index (χ0v) is 7.02. The van der Waals surface area contributed by atoms with Crippen molar-refractivity contribution in [1.82, 2.24) is 5.32 Å². The lowest BCUT2D eigenvalue weighted by molar-refractivity contribution is 0.0808. The summed E-state index contributed by atoms with van der Waals surface area (Å²) < 4.78 is 13.4. The maximum atomic E-state index is 13.4. The van der Waals surface area contributed by atoms with E-state index in [2.05, 4.69) is 5.32 Å². The molecule has 2 heterocycles. The summed E-state index contributed by atoms with van der Waals surface area (Å²) in [6.07, 6.45) is 3.97. The van der Waals surface area contributed by atoms with Crippen LogP contribution in [-0.4, -0.2) is 18.3 Å². The minimum atomic E-state index is -0.591. The fraction of sp³-hybridized carbons (Fsp3) is 1.00. The Morgan fingerprint density at radius 2 is 2.18 bits per heavy atom. The molecule has 0 aliphatic carbocycles. The van der Waals surface area contributed by atoms with Gasteiger partial charge in [0.25, 0.3) is 0 Å². The highest BCUT2D eigenvalue weighted by atomic mass is 19.1. The molecule has 3 unspecified atom stereocenters. The minimum absolute atomic E-state index is 0.178. The molecular formula is C9H16FN. The maximum Gasteiger partial charge on any atom is 0.118 e. The lowest BCUT2D eigenvalue weighted by Crippen LogP contribution is -2.54. The summed E-state index contributed by atoms with van der Waals surface area (Å²) in [4.78, 5) is 0. The van der Waals surface area contributed by atoms with Crippen LogP contribution in [0.2, 0.25) is 0 Å². The third-order valence-corrected chi connectivity index (χ3v) is 3.10. The van der Waals surface area contributed by atoms with Crippen LogP contribution in [0.5, 0.6) is 0 Å². The second-order valence-electron chi connectivity index (χ2n) is 4.06. The number of halogens is 1. The quantitative estimate of drug-likeness (QED) is 0.566. The van der Waals surface area contributed by atoms with Gasteiger partial charge < -0.3 is 5.32 Å². The van der Waals surface area contributed by atoms with Gasteiger partial charge in [0.15, 0.2) is 0 Å². The second kappa shape index (κ2) is 2.74. The number of hydrogen-bond acceptors (Lipinski definition) is 1. The van der Waals surface area contributed by atoms with Crippen LogP contribution in [0.3, 0.4) is 0 Å². The molecule has 2 aliphatic heterocycles. The number of alkyl halides is 1. The number of hydrogen-bond donors (Lipinski definition) is 1. The van der Waals surface area contributed by atoms with Crippen LogP contribution in [0.4, 0.5) is 4.39 Å². The Balaban J connectivity index is 2.05. The molecule has 0 amide bonds. The minimum Gasteiger partial charge on any atom is -0.308 e. The summed E-state index contributed by atoms with van der Waals surface area (Å²) in [5.41, 5.74) is 0.